The van der Waals surface area contributed by atoms with Gasteiger partial charge in [0.2, 0.25) is 5.43 Å². The lowest BCUT2D eigenvalue weighted by atomic mass is 9.97. The zero-order valence-corrected chi connectivity index (χ0v) is 16.4. The maximum absolute atomic E-state index is 15.3. The molecule has 1 fully saturated rings. The predicted molar refractivity (Wildman–Crippen MR) is 106 cm³/mol. The number of nitrogens with zero attached hydrogens (tertiary/aromatic N) is 1. The number of hydrogen-bond acceptors (Lipinski definition) is 4. The monoisotopic (exact) mass is 448 g/mol. The van der Waals surface area contributed by atoms with E-state index >= 15 is 4.39 Å². The van der Waals surface area contributed by atoms with Gasteiger partial charge in [0, 0.05) is 25.7 Å². The normalized spacial score (nSPS) is 19.4. The van der Waals surface area contributed by atoms with Crippen molar-refractivity contribution in [1.82, 2.24) is 9.88 Å². The van der Waals surface area contributed by atoms with Gasteiger partial charge >= 0.3 is 12.6 Å². The van der Waals surface area contributed by atoms with Crippen LogP contribution in [0, 0.1) is 5.82 Å². The van der Waals surface area contributed by atoms with Gasteiger partial charge in [-0.25, -0.2) is 13.6 Å². The standard InChI is InChI=1S/C22H16F4N2O4/c23-14-5-16(14)28-8-13(21(30)31)19(29)12-4-15(24)17(20(18(12)28)32-22(25)26)9-1-2-10-6-27-7-11(10)3-9/h1-4,8,14,16,22,27H,5-7H2,(H,30,31)/t14-,16+/m0/s1. The largest absolute Gasteiger partial charge is 0.477 e. The van der Waals surface area contributed by atoms with E-state index in [0.717, 1.165) is 28.0 Å². The molecule has 10 heteroatoms. The molecule has 0 radical (unpaired) electrons. The first kappa shape index (κ1) is 20.5. The summed E-state index contributed by atoms with van der Waals surface area (Å²) in [6.07, 6.45) is -0.451. The van der Waals surface area contributed by atoms with Crippen molar-refractivity contribution in [3.8, 4) is 16.9 Å². The van der Waals surface area contributed by atoms with Crippen molar-refractivity contribution in [3.63, 3.8) is 0 Å². The molecule has 2 aliphatic rings. The Morgan fingerprint density at radius 1 is 1.22 bits per heavy atom. The third-order valence-electron chi connectivity index (χ3n) is 5.82. The van der Waals surface area contributed by atoms with Crippen LogP contribution in [-0.4, -0.2) is 28.4 Å². The topological polar surface area (TPSA) is 80.6 Å². The fourth-order valence-corrected chi connectivity index (χ4v) is 4.23. The van der Waals surface area contributed by atoms with Crippen LogP contribution in [0.5, 0.6) is 5.75 Å². The number of aromatic carboxylic acids is 1. The Bertz CT molecular complexity index is 1340. The Labute approximate surface area is 178 Å². The summed E-state index contributed by atoms with van der Waals surface area (Å²) in [5.74, 6) is -3.25. The minimum absolute atomic E-state index is 0.00235. The highest BCUT2D eigenvalue weighted by atomic mass is 19.3. The number of fused-ring (bicyclic) bond motifs is 2. The molecule has 2 aromatic carbocycles. The molecule has 5 rings (SSSR count). The fraction of sp³-hybridized carbons (Fsp3) is 0.273. The van der Waals surface area contributed by atoms with Crippen molar-refractivity contribution in [1.29, 1.82) is 0 Å². The number of hydrogen-bond donors (Lipinski definition) is 2. The van der Waals surface area contributed by atoms with E-state index in [4.69, 9.17) is 4.74 Å². The number of pyridine rings is 1. The number of aromatic nitrogens is 1. The van der Waals surface area contributed by atoms with Crippen LogP contribution in [0.2, 0.25) is 0 Å². The second kappa shape index (κ2) is 7.33. The first-order valence-electron chi connectivity index (χ1n) is 9.82. The zero-order chi connectivity index (χ0) is 22.7. The van der Waals surface area contributed by atoms with Crippen molar-refractivity contribution in [2.75, 3.05) is 0 Å². The Hall–Kier alpha value is -3.40. The molecule has 2 N–H and O–H groups in total. The number of ether oxygens (including phenoxy) is 1. The number of nitrogens with one attached hydrogen (secondary N) is 1. The maximum Gasteiger partial charge on any atom is 0.387 e. The van der Waals surface area contributed by atoms with E-state index in [-0.39, 0.29) is 23.1 Å². The Morgan fingerprint density at radius 2 is 1.94 bits per heavy atom. The minimum atomic E-state index is -3.36. The van der Waals surface area contributed by atoms with Gasteiger partial charge in [-0.05, 0) is 28.8 Å². The Kier molecular flexibility index (Phi) is 4.70. The summed E-state index contributed by atoms with van der Waals surface area (Å²) >= 11 is 0. The van der Waals surface area contributed by atoms with Gasteiger partial charge < -0.3 is 19.7 Å². The average molecular weight is 448 g/mol. The number of rotatable bonds is 5. The van der Waals surface area contributed by atoms with Crippen LogP contribution in [0.25, 0.3) is 22.0 Å². The van der Waals surface area contributed by atoms with Crippen LogP contribution in [0.1, 0.15) is 33.9 Å². The number of carboxylic acids is 1. The number of carboxylic acid groups (broad SMARTS) is 1. The molecule has 166 valence electrons. The van der Waals surface area contributed by atoms with Crippen molar-refractivity contribution in [2.45, 2.75) is 38.3 Å². The van der Waals surface area contributed by atoms with Crippen molar-refractivity contribution < 1.29 is 32.2 Å². The molecule has 0 amide bonds. The molecular weight excluding hydrogens is 432 g/mol. The van der Waals surface area contributed by atoms with Gasteiger partial charge in [-0.3, -0.25) is 4.79 Å². The SMILES string of the molecule is O=C(O)c1cn([C@@H]2C[C@@H]2F)c2c(OC(F)F)c(-c3ccc4c(c3)CNC4)c(F)cc2c1=O. The third-order valence-corrected chi connectivity index (χ3v) is 5.82. The summed E-state index contributed by atoms with van der Waals surface area (Å²) in [4.78, 5) is 24.3. The molecule has 6 nitrogen and oxygen atoms in total. The highest BCUT2D eigenvalue weighted by molar-refractivity contribution is 5.98. The van der Waals surface area contributed by atoms with Gasteiger partial charge in [0.15, 0.2) is 5.75 Å². The van der Waals surface area contributed by atoms with Gasteiger partial charge in [0.25, 0.3) is 0 Å². The van der Waals surface area contributed by atoms with Gasteiger partial charge in [0.1, 0.15) is 17.6 Å². The highest BCUT2D eigenvalue weighted by Crippen LogP contribution is 2.46. The number of halogens is 4. The quantitative estimate of drug-likeness (QED) is 0.577. The van der Waals surface area contributed by atoms with Gasteiger partial charge in [-0.1, -0.05) is 12.1 Å². The van der Waals surface area contributed by atoms with Crippen LogP contribution in [0.3, 0.4) is 0 Å². The summed E-state index contributed by atoms with van der Waals surface area (Å²) in [6, 6.07) is 4.85. The number of benzene rings is 2. The van der Waals surface area contributed by atoms with Crippen LogP contribution >= 0.6 is 0 Å². The van der Waals surface area contributed by atoms with Crippen LogP contribution in [-0.2, 0) is 13.1 Å². The summed E-state index contributed by atoms with van der Waals surface area (Å²) < 4.78 is 61.9. The average Bonchev–Trinajstić information content (AvgIpc) is 3.26. The molecule has 0 bridgehead atoms. The maximum atomic E-state index is 15.3. The first-order valence-corrected chi connectivity index (χ1v) is 9.82. The summed E-state index contributed by atoms with van der Waals surface area (Å²) in [6.45, 7) is -2.23. The molecule has 0 spiro atoms. The second-order valence-corrected chi connectivity index (χ2v) is 7.83. The van der Waals surface area contributed by atoms with Crippen molar-refractivity contribution in [3.05, 3.63) is 63.2 Å². The van der Waals surface area contributed by atoms with Gasteiger partial charge in [0.05, 0.1) is 22.5 Å². The Balaban J connectivity index is 1.87. The summed E-state index contributed by atoms with van der Waals surface area (Å²) in [7, 11) is 0. The summed E-state index contributed by atoms with van der Waals surface area (Å²) in [5.41, 5.74) is -0.267. The van der Waals surface area contributed by atoms with Crippen molar-refractivity contribution >= 4 is 16.9 Å². The van der Waals surface area contributed by atoms with E-state index in [1.54, 1.807) is 18.2 Å². The molecule has 0 saturated heterocycles. The van der Waals surface area contributed by atoms with E-state index in [9.17, 15) is 27.9 Å². The molecule has 3 aromatic rings. The lowest BCUT2D eigenvalue weighted by Gasteiger charge is -2.19. The lowest BCUT2D eigenvalue weighted by molar-refractivity contribution is -0.0487. The summed E-state index contributed by atoms with van der Waals surface area (Å²) in [5, 5.41) is 12.0. The van der Waals surface area contributed by atoms with E-state index < -0.39 is 52.7 Å². The minimum Gasteiger partial charge on any atom is -0.477 e. The van der Waals surface area contributed by atoms with E-state index in [1.165, 1.54) is 0 Å². The van der Waals surface area contributed by atoms with Crippen molar-refractivity contribution in [2.24, 2.45) is 0 Å². The molecule has 0 unspecified atom stereocenters. The van der Waals surface area contributed by atoms with E-state index in [0.29, 0.717) is 13.1 Å². The molecule has 1 aromatic heterocycles. The number of carbonyl (C=O) groups is 1. The van der Waals surface area contributed by atoms with Crippen LogP contribution in [0.15, 0.2) is 35.3 Å². The third kappa shape index (κ3) is 3.22. The fourth-order valence-electron chi connectivity index (χ4n) is 4.23. The zero-order valence-electron chi connectivity index (χ0n) is 16.4. The molecule has 1 aliphatic carbocycles. The molecule has 1 saturated carbocycles. The van der Waals surface area contributed by atoms with E-state index in [2.05, 4.69) is 5.32 Å². The van der Waals surface area contributed by atoms with Gasteiger partial charge in [-0.15, -0.1) is 0 Å². The molecule has 2 atom stereocenters. The van der Waals surface area contributed by atoms with Crippen LogP contribution < -0.4 is 15.5 Å². The smallest absolute Gasteiger partial charge is 0.387 e. The van der Waals surface area contributed by atoms with E-state index in [1.807, 2.05) is 0 Å². The molecule has 2 heterocycles. The second-order valence-electron chi connectivity index (χ2n) is 7.83. The predicted octanol–water partition coefficient (Wildman–Crippen LogP) is 3.99. The first-order chi connectivity index (χ1) is 15.3. The highest BCUT2D eigenvalue weighted by Gasteiger charge is 2.41. The Morgan fingerprint density at radius 3 is 2.59 bits per heavy atom. The molecule has 32 heavy (non-hydrogen) atoms. The molecule has 1 aliphatic heterocycles. The molecular formula is C22H16F4N2O4. The van der Waals surface area contributed by atoms with Crippen LogP contribution in [0.4, 0.5) is 17.6 Å². The van der Waals surface area contributed by atoms with Gasteiger partial charge in [-0.2, -0.15) is 8.78 Å². The lowest BCUT2D eigenvalue weighted by Crippen LogP contribution is -2.20. The number of alkyl halides is 3.